The van der Waals surface area contributed by atoms with E-state index in [1.54, 1.807) is 6.07 Å². The van der Waals surface area contributed by atoms with Crippen LogP contribution in [-0.2, 0) is 11.2 Å². The third-order valence-corrected chi connectivity index (χ3v) is 6.22. The lowest BCUT2D eigenvalue weighted by atomic mass is 9.96. The molecule has 4 rings (SSSR count). The summed E-state index contributed by atoms with van der Waals surface area (Å²) in [6.45, 7) is 6.66. The zero-order chi connectivity index (χ0) is 21.6. The maximum absolute atomic E-state index is 12.8. The van der Waals surface area contributed by atoms with E-state index in [9.17, 15) is 9.59 Å². The Morgan fingerprint density at radius 2 is 1.71 bits per heavy atom. The molecule has 1 aliphatic heterocycles. The van der Waals surface area contributed by atoms with Gasteiger partial charge in [-0.2, -0.15) is 0 Å². The molecule has 2 aromatic carbocycles. The summed E-state index contributed by atoms with van der Waals surface area (Å²) in [5.74, 6) is 0.609. The summed E-state index contributed by atoms with van der Waals surface area (Å²) in [7, 11) is 0. The fourth-order valence-corrected chi connectivity index (χ4v) is 3.93. The average molecular weight is 422 g/mol. The molecule has 0 unspecified atom stereocenters. The van der Waals surface area contributed by atoms with Crippen molar-refractivity contribution in [3.63, 3.8) is 0 Å². The van der Waals surface area contributed by atoms with Crippen molar-refractivity contribution in [3.05, 3.63) is 59.7 Å². The molecule has 1 saturated heterocycles. The standard InChI is InChI=1S/C25H31N3O3/c1-2-27-14-16-28(17-15-27)24(29)18-19-10-12-20(13-11-19)26-25(30)22-8-3-4-9-23(22)31-21-6-5-7-21/h3-4,8-13,21H,2,5-7,14-18H2,1H3,(H,26,30). The predicted octanol–water partition coefficient (Wildman–Crippen LogP) is 3.58. The van der Waals surface area contributed by atoms with Crippen molar-refractivity contribution < 1.29 is 14.3 Å². The zero-order valence-corrected chi connectivity index (χ0v) is 18.2. The Bertz CT molecular complexity index is 900. The number of para-hydroxylation sites is 1. The third-order valence-electron chi connectivity index (χ3n) is 6.22. The van der Waals surface area contributed by atoms with E-state index in [2.05, 4.69) is 17.1 Å². The van der Waals surface area contributed by atoms with Crippen LogP contribution in [-0.4, -0.2) is 60.4 Å². The molecule has 2 aliphatic rings. The van der Waals surface area contributed by atoms with Crippen molar-refractivity contribution in [2.45, 2.75) is 38.7 Å². The number of carbonyl (C=O) groups is 2. The first-order valence-electron chi connectivity index (χ1n) is 11.3. The maximum atomic E-state index is 12.8. The Morgan fingerprint density at radius 1 is 1.00 bits per heavy atom. The minimum absolute atomic E-state index is 0.162. The van der Waals surface area contributed by atoms with E-state index < -0.39 is 0 Å². The van der Waals surface area contributed by atoms with Gasteiger partial charge in [-0.05, 0) is 55.6 Å². The molecule has 0 bridgehead atoms. The Labute approximate surface area is 184 Å². The molecule has 0 spiro atoms. The van der Waals surface area contributed by atoms with Gasteiger partial charge in [-0.25, -0.2) is 0 Å². The zero-order valence-electron chi connectivity index (χ0n) is 18.2. The molecular weight excluding hydrogens is 390 g/mol. The van der Waals surface area contributed by atoms with Crippen LogP contribution in [0.4, 0.5) is 5.69 Å². The summed E-state index contributed by atoms with van der Waals surface area (Å²) in [5, 5.41) is 2.94. The van der Waals surface area contributed by atoms with Gasteiger partial charge in [0.15, 0.2) is 0 Å². The topological polar surface area (TPSA) is 61.9 Å². The quantitative estimate of drug-likeness (QED) is 0.742. The van der Waals surface area contributed by atoms with Crippen molar-refractivity contribution in [2.24, 2.45) is 0 Å². The van der Waals surface area contributed by atoms with Crippen molar-refractivity contribution in [1.29, 1.82) is 0 Å². The number of anilines is 1. The number of amides is 2. The lowest BCUT2D eigenvalue weighted by molar-refractivity contribution is -0.132. The average Bonchev–Trinajstić information content (AvgIpc) is 2.78. The van der Waals surface area contributed by atoms with Gasteiger partial charge in [0, 0.05) is 31.9 Å². The predicted molar refractivity (Wildman–Crippen MR) is 122 cm³/mol. The minimum Gasteiger partial charge on any atom is -0.490 e. The first kappa shape index (κ1) is 21.4. The molecule has 1 saturated carbocycles. The van der Waals surface area contributed by atoms with Crippen LogP contribution in [0.15, 0.2) is 48.5 Å². The van der Waals surface area contributed by atoms with E-state index >= 15 is 0 Å². The van der Waals surface area contributed by atoms with E-state index in [0.717, 1.165) is 51.1 Å². The van der Waals surface area contributed by atoms with Gasteiger partial charge in [-0.15, -0.1) is 0 Å². The Balaban J connectivity index is 1.32. The van der Waals surface area contributed by atoms with Crippen molar-refractivity contribution in [1.82, 2.24) is 9.80 Å². The first-order chi connectivity index (χ1) is 15.1. The second kappa shape index (κ2) is 9.96. The summed E-state index contributed by atoms with van der Waals surface area (Å²) in [5.41, 5.74) is 2.20. The molecule has 0 radical (unpaired) electrons. The van der Waals surface area contributed by atoms with Crippen LogP contribution >= 0.6 is 0 Å². The first-order valence-corrected chi connectivity index (χ1v) is 11.3. The number of hydrogen-bond acceptors (Lipinski definition) is 4. The van der Waals surface area contributed by atoms with Gasteiger partial charge in [-0.3, -0.25) is 9.59 Å². The number of nitrogens with one attached hydrogen (secondary N) is 1. The van der Waals surface area contributed by atoms with Crippen molar-refractivity contribution in [2.75, 3.05) is 38.0 Å². The molecule has 6 heteroatoms. The molecule has 1 aliphatic carbocycles. The second-order valence-electron chi connectivity index (χ2n) is 8.31. The number of carbonyl (C=O) groups excluding carboxylic acids is 2. The fourth-order valence-electron chi connectivity index (χ4n) is 3.93. The summed E-state index contributed by atoms with van der Waals surface area (Å²) < 4.78 is 5.97. The lowest BCUT2D eigenvalue weighted by Crippen LogP contribution is -2.48. The number of piperazine rings is 1. The highest BCUT2D eigenvalue weighted by molar-refractivity contribution is 6.06. The highest BCUT2D eigenvalue weighted by atomic mass is 16.5. The number of benzene rings is 2. The molecule has 1 heterocycles. The highest BCUT2D eigenvalue weighted by Crippen LogP contribution is 2.28. The number of nitrogens with zero attached hydrogens (tertiary/aromatic N) is 2. The Hall–Kier alpha value is -2.86. The summed E-state index contributed by atoms with van der Waals surface area (Å²) >= 11 is 0. The smallest absolute Gasteiger partial charge is 0.259 e. The fraction of sp³-hybridized carbons (Fsp3) is 0.440. The number of rotatable bonds is 7. The van der Waals surface area contributed by atoms with Crippen LogP contribution in [0.3, 0.4) is 0 Å². The van der Waals surface area contributed by atoms with Crippen molar-refractivity contribution >= 4 is 17.5 Å². The van der Waals surface area contributed by atoms with Crippen LogP contribution in [0.5, 0.6) is 5.75 Å². The molecule has 1 N–H and O–H groups in total. The van der Waals surface area contributed by atoms with Gasteiger partial charge >= 0.3 is 0 Å². The minimum atomic E-state index is -0.187. The largest absolute Gasteiger partial charge is 0.490 e. The molecule has 0 aromatic heterocycles. The third kappa shape index (κ3) is 5.44. The number of hydrogen-bond donors (Lipinski definition) is 1. The van der Waals surface area contributed by atoms with Gasteiger partial charge in [0.1, 0.15) is 5.75 Å². The van der Waals surface area contributed by atoms with Gasteiger partial charge in [0.25, 0.3) is 5.91 Å². The second-order valence-corrected chi connectivity index (χ2v) is 8.31. The van der Waals surface area contributed by atoms with E-state index in [-0.39, 0.29) is 17.9 Å². The van der Waals surface area contributed by atoms with Gasteiger partial charge in [0.05, 0.1) is 18.1 Å². The molecule has 2 fully saturated rings. The Kier molecular flexibility index (Phi) is 6.87. The van der Waals surface area contributed by atoms with Crippen LogP contribution in [0.1, 0.15) is 42.1 Å². The SMILES string of the molecule is CCN1CCN(C(=O)Cc2ccc(NC(=O)c3ccccc3OC3CCC3)cc2)CC1. The van der Waals surface area contributed by atoms with Crippen LogP contribution in [0.2, 0.25) is 0 Å². The highest BCUT2D eigenvalue weighted by Gasteiger charge is 2.22. The van der Waals surface area contributed by atoms with Gasteiger partial charge in [0.2, 0.25) is 5.91 Å². The van der Waals surface area contributed by atoms with E-state index in [1.165, 1.54) is 6.42 Å². The molecule has 31 heavy (non-hydrogen) atoms. The Morgan fingerprint density at radius 3 is 2.35 bits per heavy atom. The molecule has 2 aromatic rings. The van der Waals surface area contributed by atoms with Crippen LogP contribution < -0.4 is 10.1 Å². The molecular formula is C25H31N3O3. The normalized spacial score (nSPS) is 17.1. The van der Waals surface area contributed by atoms with E-state index in [4.69, 9.17) is 4.74 Å². The van der Waals surface area contributed by atoms with Gasteiger partial charge in [-0.1, -0.05) is 31.2 Å². The van der Waals surface area contributed by atoms with Crippen LogP contribution in [0, 0.1) is 0 Å². The number of ether oxygens (including phenoxy) is 1. The lowest BCUT2D eigenvalue weighted by Gasteiger charge is -2.34. The van der Waals surface area contributed by atoms with Gasteiger partial charge < -0.3 is 19.9 Å². The van der Waals surface area contributed by atoms with E-state index in [0.29, 0.717) is 23.4 Å². The number of likely N-dealkylation sites (N-methyl/N-ethyl adjacent to an activating group) is 1. The molecule has 164 valence electrons. The van der Waals surface area contributed by atoms with Crippen molar-refractivity contribution in [3.8, 4) is 5.75 Å². The summed E-state index contributed by atoms with van der Waals surface area (Å²) in [4.78, 5) is 29.7. The maximum Gasteiger partial charge on any atom is 0.259 e. The monoisotopic (exact) mass is 421 g/mol. The molecule has 0 atom stereocenters. The molecule has 6 nitrogen and oxygen atoms in total. The summed E-state index contributed by atoms with van der Waals surface area (Å²) in [6, 6.07) is 14.9. The summed E-state index contributed by atoms with van der Waals surface area (Å²) in [6.07, 6.45) is 3.88. The van der Waals surface area contributed by atoms with E-state index in [1.807, 2.05) is 47.4 Å². The van der Waals surface area contributed by atoms with Crippen LogP contribution in [0.25, 0.3) is 0 Å². The molecule has 2 amide bonds.